The molecule has 0 atom stereocenters. The monoisotopic (exact) mass is 257 g/mol. The quantitative estimate of drug-likeness (QED) is 0.829. The second-order valence-corrected chi connectivity index (χ2v) is 4.41. The van der Waals surface area contributed by atoms with Crippen LogP contribution in [-0.4, -0.2) is 0 Å². The van der Waals surface area contributed by atoms with Gasteiger partial charge in [-0.3, -0.25) is 0 Å². The highest BCUT2D eigenvalue weighted by molar-refractivity contribution is 6.31. The second kappa shape index (κ2) is 5.57. The van der Waals surface area contributed by atoms with Crippen molar-refractivity contribution in [1.82, 2.24) is 0 Å². The molecule has 0 spiro atoms. The summed E-state index contributed by atoms with van der Waals surface area (Å²) < 4.78 is 5.64. The number of rotatable bonds is 3. The maximum Gasteiger partial charge on any atom is 0.139 e. The van der Waals surface area contributed by atoms with Gasteiger partial charge in [0.15, 0.2) is 0 Å². The molecule has 0 fully saturated rings. The average Bonchev–Trinajstić information content (AvgIpc) is 2.36. The van der Waals surface area contributed by atoms with Crippen molar-refractivity contribution in [2.45, 2.75) is 13.5 Å². The molecule has 0 saturated heterocycles. The van der Waals surface area contributed by atoms with Crippen LogP contribution < -0.4 is 4.74 Å². The van der Waals surface area contributed by atoms with Crippen molar-refractivity contribution < 1.29 is 4.74 Å². The predicted molar refractivity (Wildman–Crippen MR) is 71.7 cm³/mol. The van der Waals surface area contributed by atoms with Crippen LogP contribution in [0.1, 0.15) is 16.7 Å². The van der Waals surface area contributed by atoms with Crippen LogP contribution in [0.2, 0.25) is 5.02 Å². The molecule has 2 rings (SSSR count). The smallest absolute Gasteiger partial charge is 0.139 e. The van der Waals surface area contributed by atoms with E-state index in [1.54, 1.807) is 18.2 Å². The Morgan fingerprint density at radius 1 is 1.22 bits per heavy atom. The molecule has 0 amide bonds. The third kappa shape index (κ3) is 2.82. The SMILES string of the molecule is Cc1cccc(COc2cccc(Cl)c2C#N)c1. The number of hydrogen-bond acceptors (Lipinski definition) is 2. The Balaban J connectivity index is 2.16. The molecule has 2 aromatic rings. The van der Waals surface area contributed by atoms with E-state index in [9.17, 15) is 0 Å². The van der Waals surface area contributed by atoms with Crippen molar-refractivity contribution in [3.8, 4) is 11.8 Å². The first-order valence-electron chi connectivity index (χ1n) is 5.57. The Morgan fingerprint density at radius 3 is 2.72 bits per heavy atom. The third-order valence-corrected chi connectivity index (χ3v) is 2.88. The molecule has 0 aliphatic carbocycles. The summed E-state index contributed by atoms with van der Waals surface area (Å²) >= 11 is 5.93. The number of nitrogens with zero attached hydrogens (tertiary/aromatic N) is 1. The number of ether oxygens (including phenoxy) is 1. The molecule has 0 heterocycles. The van der Waals surface area contributed by atoms with E-state index in [0.717, 1.165) is 5.56 Å². The van der Waals surface area contributed by atoms with Gasteiger partial charge in [-0.1, -0.05) is 47.5 Å². The van der Waals surface area contributed by atoms with Crippen LogP contribution in [0.5, 0.6) is 5.75 Å². The van der Waals surface area contributed by atoms with Crippen LogP contribution in [0, 0.1) is 18.3 Å². The summed E-state index contributed by atoms with van der Waals surface area (Å²) in [5.41, 5.74) is 2.63. The summed E-state index contributed by atoms with van der Waals surface area (Å²) in [6.45, 7) is 2.46. The third-order valence-electron chi connectivity index (χ3n) is 2.56. The maximum absolute atomic E-state index is 9.03. The van der Waals surface area contributed by atoms with Crippen LogP contribution >= 0.6 is 11.6 Å². The molecule has 2 aromatic carbocycles. The molecular formula is C15H12ClNO. The highest BCUT2D eigenvalue weighted by Gasteiger charge is 2.07. The molecule has 0 aromatic heterocycles. The molecule has 18 heavy (non-hydrogen) atoms. The van der Waals surface area contributed by atoms with Crippen LogP contribution in [-0.2, 0) is 6.61 Å². The summed E-state index contributed by atoms with van der Waals surface area (Å²) in [4.78, 5) is 0. The molecule has 0 radical (unpaired) electrons. The highest BCUT2D eigenvalue weighted by atomic mass is 35.5. The summed E-state index contributed by atoms with van der Waals surface area (Å²) in [7, 11) is 0. The molecule has 0 unspecified atom stereocenters. The van der Waals surface area contributed by atoms with Crippen molar-refractivity contribution in [3.63, 3.8) is 0 Å². The molecule has 0 bridgehead atoms. The van der Waals surface area contributed by atoms with E-state index in [4.69, 9.17) is 21.6 Å². The Morgan fingerprint density at radius 2 is 2.00 bits per heavy atom. The van der Waals surface area contributed by atoms with Gasteiger partial charge in [-0.2, -0.15) is 5.26 Å². The first-order valence-corrected chi connectivity index (χ1v) is 5.95. The van der Waals surface area contributed by atoms with Crippen molar-refractivity contribution in [3.05, 3.63) is 64.2 Å². The number of nitriles is 1. The average molecular weight is 258 g/mol. The van der Waals surface area contributed by atoms with Crippen LogP contribution in [0.15, 0.2) is 42.5 Å². The Labute approximate surface area is 111 Å². The highest BCUT2D eigenvalue weighted by Crippen LogP contribution is 2.26. The largest absolute Gasteiger partial charge is 0.487 e. The fourth-order valence-corrected chi connectivity index (χ4v) is 1.90. The Kier molecular flexibility index (Phi) is 3.86. The van der Waals surface area contributed by atoms with Crippen molar-refractivity contribution in [2.24, 2.45) is 0 Å². The molecule has 3 heteroatoms. The Bertz CT molecular complexity index is 602. The second-order valence-electron chi connectivity index (χ2n) is 4.00. The minimum absolute atomic E-state index is 0.381. The lowest BCUT2D eigenvalue weighted by Gasteiger charge is -2.09. The van der Waals surface area contributed by atoms with Gasteiger partial charge in [0.1, 0.15) is 24.0 Å². The van der Waals surface area contributed by atoms with Gasteiger partial charge in [0.2, 0.25) is 0 Å². The fraction of sp³-hybridized carbons (Fsp3) is 0.133. The van der Waals surface area contributed by atoms with Gasteiger partial charge in [0, 0.05) is 0 Å². The number of benzene rings is 2. The summed E-state index contributed by atoms with van der Waals surface area (Å²) in [5.74, 6) is 0.520. The summed E-state index contributed by atoms with van der Waals surface area (Å²) in [6.07, 6.45) is 0. The minimum atomic E-state index is 0.381. The van der Waals surface area contributed by atoms with Gasteiger partial charge in [-0.05, 0) is 24.6 Å². The van der Waals surface area contributed by atoms with Crippen molar-refractivity contribution in [1.29, 1.82) is 5.26 Å². The van der Waals surface area contributed by atoms with E-state index in [1.165, 1.54) is 5.56 Å². The first kappa shape index (κ1) is 12.5. The standard InChI is InChI=1S/C15H12ClNO/c1-11-4-2-5-12(8-11)10-18-15-7-3-6-14(16)13(15)9-17/h2-8H,10H2,1H3. The fourth-order valence-electron chi connectivity index (χ4n) is 1.70. The van der Waals surface area contributed by atoms with Crippen LogP contribution in [0.25, 0.3) is 0 Å². The maximum atomic E-state index is 9.03. The minimum Gasteiger partial charge on any atom is -0.487 e. The zero-order chi connectivity index (χ0) is 13.0. The molecule has 2 nitrogen and oxygen atoms in total. The molecular weight excluding hydrogens is 246 g/mol. The normalized spacial score (nSPS) is 9.83. The van der Waals surface area contributed by atoms with E-state index in [-0.39, 0.29) is 0 Å². The van der Waals surface area contributed by atoms with Gasteiger partial charge < -0.3 is 4.74 Å². The molecule has 0 N–H and O–H groups in total. The lowest BCUT2D eigenvalue weighted by Crippen LogP contribution is -1.97. The molecule has 0 aliphatic heterocycles. The van der Waals surface area contributed by atoms with Gasteiger partial charge in [-0.15, -0.1) is 0 Å². The van der Waals surface area contributed by atoms with Gasteiger partial charge in [0.25, 0.3) is 0 Å². The lowest BCUT2D eigenvalue weighted by molar-refractivity contribution is 0.305. The first-order chi connectivity index (χ1) is 8.70. The van der Waals surface area contributed by atoms with E-state index < -0.39 is 0 Å². The zero-order valence-corrected chi connectivity index (χ0v) is 10.7. The number of hydrogen-bond donors (Lipinski definition) is 0. The Hall–Kier alpha value is -1.98. The van der Waals surface area contributed by atoms with Gasteiger partial charge in [0.05, 0.1) is 5.02 Å². The van der Waals surface area contributed by atoms with Gasteiger partial charge >= 0.3 is 0 Å². The molecule has 0 aliphatic rings. The van der Waals surface area contributed by atoms with Crippen molar-refractivity contribution in [2.75, 3.05) is 0 Å². The van der Waals surface area contributed by atoms with Crippen molar-refractivity contribution >= 4 is 11.6 Å². The van der Waals surface area contributed by atoms with E-state index >= 15 is 0 Å². The topological polar surface area (TPSA) is 33.0 Å². The van der Waals surface area contributed by atoms with E-state index in [2.05, 4.69) is 12.1 Å². The molecule has 0 saturated carbocycles. The lowest BCUT2D eigenvalue weighted by atomic mass is 10.1. The van der Waals surface area contributed by atoms with Crippen LogP contribution in [0.3, 0.4) is 0 Å². The molecule has 90 valence electrons. The number of aryl methyl sites for hydroxylation is 1. The zero-order valence-electron chi connectivity index (χ0n) is 9.98. The predicted octanol–water partition coefficient (Wildman–Crippen LogP) is 4.10. The summed E-state index contributed by atoms with van der Waals surface area (Å²) in [5, 5.41) is 9.44. The van der Waals surface area contributed by atoms with E-state index in [1.807, 2.05) is 25.1 Å². The number of halogens is 1. The summed E-state index contributed by atoms with van der Waals surface area (Å²) in [6, 6.07) is 15.3. The van der Waals surface area contributed by atoms with E-state index in [0.29, 0.717) is 22.9 Å². The van der Waals surface area contributed by atoms with Gasteiger partial charge in [-0.25, -0.2) is 0 Å². The van der Waals surface area contributed by atoms with Crippen LogP contribution in [0.4, 0.5) is 0 Å².